The molecule has 0 aliphatic carbocycles. The van der Waals surface area contributed by atoms with E-state index in [2.05, 4.69) is 26.0 Å². The van der Waals surface area contributed by atoms with Crippen molar-refractivity contribution in [3.63, 3.8) is 0 Å². The van der Waals surface area contributed by atoms with Crippen LogP contribution in [-0.4, -0.2) is 24.1 Å². The molecule has 0 amide bonds. The Hall–Kier alpha value is -1.35. The van der Waals surface area contributed by atoms with Crippen LogP contribution in [0.2, 0.25) is 0 Å². The van der Waals surface area contributed by atoms with Crippen LogP contribution in [0, 0.1) is 26.7 Å². The SMILES string of the molecule is C=C(Nc1c(C)cc(F)cc1C)C1CCCC[N+]1([CH2-])C. The van der Waals surface area contributed by atoms with E-state index in [-0.39, 0.29) is 5.82 Å². The van der Waals surface area contributed by atoms with Gasteiger partial charge in [-0.3, -0.25) is 0 Å². The molecule has 1 aliphatic heterocycles. The molecule has 1 saturated heterocycles. The van der Waals surface area contributed by atoms with Gasteiger partial charge >= 0.3 is 0 Å². The number of nitrogens with one attached hydrogen (secondary N) is 1. The van der Waals surface area contributed by atoms with E-state index in [4.69, 9.17) is 0 Å². The van der Waals surface area contributed by atoms with Gasteiger partial charge < -0.3 is 9.80 Å². The first-order valence-electron chi connectivity index (χ1n) is 7.23. The number of rotatable bonds is 3. The summed E-state index contributed by atoms with van der Waals surface area (Å²) in [5.41, 5.74) is 3.79. The molecule has 1 aromatic carbocycles. The highest BCUT2D eigenvalue weighted by Gasteiger charge is 2.29. The number of piperidine rings is 1. The van der Waals surface area contributed by atoms with Crippen molar-refractivity contribution in [1.82, 2.24) is 0 Å². The molecule has 1 heterocycles. The van der Waals surface area contributed by atoms with Gasteiger partial charge in [-0.25, -0.2) is 4.39 Å². The summed E-state index contributed by atoms with van der Waals surface area (Å²) in [7, 11) is 6.46. The predicted octanol–water partition coefficient (Wildman–Crippen LogP) is 4.16. The molecule has 20 heavy (non-hydrogen) atoms. The van der Waals surface area contributed by atoms with Gasteiger partial charge in [-0.15, -0.1) is 7.05 Å². The number of likely N-dealkylation sites (tertiary alicyclic amines) is 1. The highest BCUT2D eigenvalue weighted by atomic mass is 19.1. The van der Waals surface area contributed by atoms with Crippen LogP contribution in [0.15, 0.2) is 24.4 Å². The lowest BCUT2D eigenvalue weighted by molar-refractivity contribution is -0.891. The zero-order valence-corrected chi connectivity index (χ0v) is 12.8. The molecule has 0 bridgehead atoms. The number of nitrogens with zero attached hydrogens (tertiary/aromatic N) is 1. The van der Waals surface area contributed by atoms with Crippen molar-refractivity contribution in [1.29, 1.82) is 0 Å². The maximum atomic E-state index is 13.4. The van der Waals surface area contributed by atoms with E-state index in [0.717, 1.165) is 40.0 Å². The molecule has 1 fully saturated rings. The van der Waals surface area contributed by atoms with Crippen molar-refractivity contribution >= 4 is 5.69 Å². The quantitative estimate of drug-likeness (QED) is 0.645. The minimum Gasteiger partial charge on any atom is -0.452 e. The molecule has 0 saturated carbocycles. The Bertz CT molecular complexity index is 497. The summed E-state index contributed by atoms with van der Waals surface area (Å²) in [4.78, 5) is 0. The fourth-order valence-corrected chi connectivity index (χ4v) is 3.18. The van der Waals surface area contributed by atoms with Gasteiger partial charge in [0.15, 0.2) is 0 Å². The molecule has 0 aromatic heterocycles. The zero-order chi connectivity index (χ0) is 14.9. The van der Waals surface area contributed by atoms with Crippen LogP contribution >= 0.6 is 0 Å². The average molecular weight is 276 g/mol. The van der Waals surface area contributed by atoms with E-state index in [1.54, 1.807) is 12.1 Å². The maximum absolute atomic E-state index is 13.4. The van der Waals surface area contributed by atoms with Crippen LogP contribution in [0.25, 0.3) is 0 Å². The Morgan fingerprint density at radius 1 is 1.35 bits per heavy atom. The molecule has 1 aliphatic rings. The largest absolute Gasteiger partial charge is 0.452 e. The molecule has 1 N–H and O–H groups in total. The number of likely N-dealkylation sites (N-methyl/N-ethyl adjacent to an activating group) is 1. The van der Waals surface area contributed by atoms with E-state index >= 15 is 0 Å². The number of benzene rings is 1. The van der Waals surface area contributed by atoms with E-state index in [1.807, 2.05) is 13.8 Å². The molecular formula is C17H25FN2. The summed E-state index contributed by atoms with van der Waals surface area (Å²) in [5.74, 6) is -0.188. The van der Waals surface area contributed by atoms with E-state index in [9.17, 15) is 4.39 Å². The monoisotopic (exact) mass is 276 g/mol. The molecule has 2 nitrogen and oxygen atoms in total. The Morgan fingerprint density at radius 3 is 2.50 bits per heavy atom. The van der Waals surface area contributed by atoms with Crippen molar-refractivity contribution in [3.05, 3.63) is 48.4 Å². The fraction of sp³-hybridized carbons (Fsp3) is 0.471. The standard InChI is InChI=1S/C17H25FN2/c1-12-10-15(18)11-13(2)17(12)19-14(3)16-8-6-7-9-20(16,4)5/h10-11,16,19H,3-4,6-9H2,1-2,5H3. The third-order valence-electron chi connectivity index (χ3n) is 4.33. The Morgan fingerprint density at radius 2 is 1.95 bits per heavy atom. The van der Waals surface area contributed by atoms with Gasteiger partial charge in [-0.1, -0.05) is 6.58 Å². The normalized spacial score (nSPS) is 26.4. The van der Waals surface area contributed by atoms with Crippen LogP contribution in [0.3, 0.4) is 0 Å². The first kappa shape index (κ1) is 15.0. The number of anilines is 1. The van der Waals surface area contributed by atoms with Crippen LogP contribution in [0.4, 0.5) is 10.1 Å². The molecule has 3 heteroatoms. The molecule has 2 atom stereocenters. The molecule has 110 valence electrons. The van der Waals surface area contributed by atoms with Crippen molar-refractivity contribution in [2.75, 3.05) is 18.9 Å². The molecular weight excluding hydrogens is 251 g/mol. The number of hydrogen-bond donors (Lipinski definition) is 1. The van der Waals surface area contributed by atoms with E-state index in [1.165, 1.54) is 12.8 Å². The lowest BCUT2D eigenvalue weighted by Gasteiger charge is -2.49. The summed E-state index contributed by atoms with van der Waals surface area (Å²) < 4.78 is 14.1. The second-order valence-corrected chi connectivity index (χ2v) is 6.28. The van der Waals surface area contributed by atoms with Gasteiger partial charge in [-0.2, -0.15) is 0 Å². The summed E-state index contributed by atoms with van der Waals surface area (Å²) in [5, 5.41) is 3.41. The van der Waals surface area contributed by atoms with Crippen LogP contribution in [-0.2, 0) is 0 Å². The first-order valence-corrected chi connectivity index (χ1v) is 7.23. The van der Waals surface area contributed by atoms with Gasteiger partial charge in [0.2, 0.25) is 0 Å². The second-order valence-electron chi connectivity index (χ2n) is 6.28. The Balaban J connectivity index is 2.20. The Kier molecular flexibility index (Phi) is 4.19. The summed E-state index contributed by atoms with van der Waals surface area (Å²) >= 11 is 0. The molecule has 0 spiro atoms. The molecule has 1 aromatic rings. The third kappa shape index (κ3) is 3.04. The minimum absolute atomic E-state index is 0.188. The maximum Gasteiger partial charge on any atom is 0.123 e. The lowest BCUT2D eigenvalue weighted by atomic mass is 9.97. The Labute approximate surface area is 121 Å². The van der Waals surface area contributed by atoms with Crippen molar-refractivity contribution < 1.29 is 8.87 Å². The van der Waals surface area contributed by atoms with Gasteiger partial charge in [0.1, 0.15) is 11.9 Å². The van der Waals surface area contributed by atoms with Crippen LogP contribution < -0.4 is 5.32 Å². The second kappa shape index (κ2) is 5.57. The minimum atomic E-state index is -0.188. The number of quaternary nitrogens is 1. The van der Waals surface area contributed by atoms with Crippen LogP contribution in [0.5, 0.6) is 0 Å². The van der Waals surface area contributed by atoms with E-state index in [0.29, 0.717) is 6.04 Å². The van der Waals surface area contributed by atoms with Gasteiger partial charge in [0.25, 0.3) is 0 Å². The third-order valence-corrected chi connectivity index (χ3v) is 4.33. The summed E-state index contributed by atoms with van der Waals surface area (Å²) in [6, 6.07) is 3.43. The highest BCUT2D eigenvalue weighted by Crippen LogP contribution is 2.30. The molecule has 2 unspecified atom stereocenters. The van der Waals surface area contributed by atoms with Gasteiger partial charge in [0.05, 0.1) is 12.2 Å². The van der Waals surface area contributed by atoms with Crippen molar-refractivity contribution in [2.45, 2.75) is 39.2 Å². The van der Waals surface area contributed by atoms with Gasteiger partial charge in [0, 0.05) is 19.2 Å². The predicted molar refractivity (Wildman–Crippen MR) is 82.7 cm³/mol. The number of hydrogen-bond acceptors (Lipinski definition) is 1. The van der Waals surface area contributed by atoms with Crippen LogP contribution in [0.1, 0.15) is 30.4 Å². The molecule has 0 radical (unpaired) electrons. The molecule has 2 rings (SSSR count). The number of halogens is 1. The lowest BCUT2D eigenvalue weighted by Crippen LogP contribution is -2.51. The smallest absolute Gasteiger partial charge is 0.123 e. The topological polar surface area (TPSA) is 12.0 Å². The summed E-state index contributed by atoms with van der Waals surface area (Å²) in [6.07, 6.45) is 3.54. The number of aryl methyl sites for hydroxylation is 2. The average Bonchev–Trinajstić information content (AvgIpc) is 2.32. The zero-order valence-electron chi connectivity index (χ0n) is 12.8. The first-order chi connectivity index (χ1) is 9.31. The fourth-order valence-electron chi connectivity index (χ4n) is 3.18. The summed E-state index contributed by atoms with van der Waals surface area (Å²) in [6.45, 7) is 9.13. The van der Waals surface area contributed by atoms with Gasteiger partial charge in [-0.05, 0) is 49.9 Å². The van der Waals surface area contributed by atoms with Crippen molar-refractivity contribution in [3.8, 4) is 0 Å². The van der Waals surface area contributed by atoms with Crippen molar-refractivity contribution in [2.24, 2.45) is 0 Å². The highest BCUT2D eigenvalue weighted by molar-refractivity contribution is 5.60. The van der Waals surface area contributed by atoms with E-state index < -0.39 is 0 Å².